The van der Waals surface area contributed by atoms with E-state index in [0.717, 1.165) is 17.1 Å². The monoisotopic (exact) mass is 176 g/mol. The van der Waals surface area contributed by atoms with E-state index in [1.807, 2.05) is 39.0 Å². The Morgan fingerprint density at radius 2 is 1.77 bits per heavy atom. The molecule has 2 heteroatoms. The number of ether oxygens (including phenoxy) is 2. The molecule has 0 aliphatic carbocycles. The summed E-state index contributed by atoms with van der Waals surface area (Å²) < 4.78 is 11.0. The van der Waals surface area contributed by atoms with E-state index in [9.17, 15) is 0 Å². The van der Waals surface area contributed by atoms with Gasteiger partial charge in [-0.2, -0.15) is 0 Å². The summed E-state index contributed by atoms with van der Waals surface area (Å²) in [4.78, 5) is 0. The molecule has 0 radical (unpaired) electrons. The minimum atomic E-state index is 0.612. The van der Waals surface area contributed by atoms with Crippen LogP contribution in [-0.2, 0) is 0 Å². The lowest BCUT2D eigenvalue weighted by Gasteiger charge is -1.97. The lowest BCUT2D eigenvalue weighted by molar-refractivity contribution is 0.280. The summed E-state index contributed by atoms with van der Waals surface area (Å²) in [5.74, 6) is 2.23. The van der Waals surface area contributed by atoms with Gasteiger partial charge >= 0.3 is 0 Å². The molecule has 0 saturated heterocycles. The van der Waals surface area contributed by atoms with Gasteiger partial charge in [-0.1, -0.05) is 6.07 Å². The molecule has 0 saturated carbocycles. The zero-order chi connectivity index (χ0) is 9.42. The van der Waals surface area contributed by atoms with Crippen molar-refractivity contribution in [2.45, 2.75) is 20.8 Å². The lowest BCUT2D eigenvalue weighted by Crippen LogP contribution is -1.95. The molecular weight excluding hydrogens is 164 g/mol. The molecule has 0 N–H and O–H groups in total. The molecule has 0 aromatic heterocycles. The summed E-state index contributed by atoms with van der Waals surface area (Å²) in [6.45, 7) is 5.96. The quantitative estimate of drug-likeness (QED) is 0.605. The van der Waals surface area contributed by atoms with Crippen molar-refractivity contribution in [2.75, 3.05) is 0 Å². The Balaban J connectivity index is 2.41. The summed E-state index contributed by atoms with van der Waals surface area (Å²) in [6.07, 6.45) is 0. The van der Waals surface area contributed by atoms with Crippen LogP contribution in [0.15, 0.2) is 29.7 Å². The van der Waals surface area contributed by atoms with E-state index in [-0.39, 0.29) is 0 Å². The van der Waals surface area contributed by atoms with Crippen LogP contribution >= 0.6 is 0 Å². The second kappa shape index (κ2) is 2.80. The molecule has 68 valence electrons. The van der Waals surface area contributed by atoms with Gasteiger partial charge in [0.15, 0.2) is 11.5 Å². The fraction of sp³-hybridized carbons (Fsp3) is 0.273. The Morgan fingerprint density at radius 3 is 2.46 bits per heavy atom. The minimum Gasteiger partial charge on any atom is -0.422 e. The number of benzene rings is 1. The highest BCUT2D eigenvalue weighted by atomic mass is 16.7. The highest BCUT2D eigenvalue weighted by molar-refractivity contribution is 5.47. The predicted molar refractivity (Wildman–Crippen MR) is 50.8 cm³/mol. The Morgan fingerprint density at radius 1 is 1.08 bits per heavy atom. The highest BCUT2D eigenvalue weighted by Gasteiger charge is 2.19. The molecular formula is C11H12O2. The fourth-order valence-electron chi connectivity index (χ4n) is 1.20. The lowest BCUT2D eigenvalue weighted by atomic mass is 10.2. The largest absolute Gasteiger partial charge is 0.422 e. The molecule has 0 fully saturated rings. The first-order chi connectivity index (χ1) is 6.16. The predicted octanol–water partition coefficient (Wildman–Crippen LogP) is 3.02. The zero-order valence-electron chi connectivity index (χ0n) is 8.05. The third-order valence-electron chi connectivity index (χ3n) is 1.91. The highest BCUT2D eigenvalue weighted by Crippen LogP contribution is 2.37. The standard InChI is InChI=1S/C11H12O2/c1-7(2)11-12-9-5-4-8(3)6-10(9)13-11/h4-6H,1-3H3. The van der Waals surface area contributed by atoms with Crippen molar-refractivity contribution < 1.29 is 9.47 Å². The molecule has 13 heavy (non-hydrogen) atoms. The van der Waals surface area contributed by atoms with Crippen LogP contribution in [0.2, 0.25) is 0 Å². The Kier molecular flexibility index (Phi) is 1.76. The van der Waals surface area contributed by atoms with Crippen LogP contribution in [0.4, 0.5) is 0 Å². The SMILES string of the molecule is CC(C)=C1Oc2ccc(C)cc2O1. The van der Waals surface area contributed by atoms with Crippen LogP contribution in [0.1, 0.15) is 19.4 Å². The van der Waals surface area contributed by atoms with Crippen molar-refractivity contribution in [1.82, 2.24) is 0 Å². The van der Waals surface area contributed by atoms with Gasteiger partial charge in [-0.15, -0.1) is 0 Å². The number of hydrogen-bond acceptors (Lipinski definition) is 2. The zero-order valence-corrected chi connectivity index (χ0v) is 8.05. The summed E-state index contributed by atoms with van der Waals surface area (Å²) in [5, 5.41) is 0. The van der Waals surface area contributed by atoms with Crippen LogP contribution in [0.5, 0.6) is 11.5 Å². The second-order valence-corrected chi connectivity index (χ2v) is 3.44. The van der Waals surface area contributed by atoms with Gasteiger partial charge in [-0.25, -0.2) is 0 Å². The van der Waals surface area contributed by atoms with Gasteiger partial charge in [-0.3, -0.25) is 0 Å². The van der Waals surface area contributed by atoms with E-state index in [1.165, 1.54) is 5.56 Å². The summed E-state index contributed by atoms with van der Waals surface area (Å²) in [7, 11) is 0. The Labute approximate surface area is 77.8 Å². The molecule has 0 unspecified atom stereocenters. The Bertz CT molecular complexity index is 374. The van der Waals surface area contributed by atoms with Crippen LogP contribution < -0.4 is 9.47 Å². The van der Waals surface area contributed by atoms with Crippen LogP contribution in [0, 0.1) is 6.92 Å². The first-order valence-corrected chi connectivity index (χ1v) is 4.30. The topological polar surface area (TPSA) is 18.5 Å². The first kappa shape index (κ1) is 8.17. The molecule has 0 spiro atoms. The van der Waals surface area contributed by atoms with E-state index in [0.29, 0.717) is 5.95 Å². The maximum Gasteiger partial charge on any atom is 0.289 e. The van der Waals surface area contributed by atoms with Crippen molar-refractivity contribution in [3.05, 3.63) is 35.3 Å². The van der Waals surface area contributed by atoms with E-state index in [2.05, 4.69) is 0 Å². The number of fused-ring (bicyclic) bond motifs is 1. The normalized spacial score (nSPS) is 13.3. The molecule has 1 aromatic rings. The third kappa shape index (κ3) is 1.39. The van der Waals surface area contributed by atoms with Crippen LogP contribution in [-0.4, -0.2) is 0 Å². The summed E-state index contributed by atoms with van der Waals surface area (Å²) >= 11 is 0. The van der Waals surface area contributed by atoms with Crippen LogP contribution in [0.3, 0.4) is 0 Å². The van der Waals surface area contributed by atoms with E-state index >= 15 is 0 Å². The van der Waals surface area contributed by atoms with Crippen molar-refractivity contribution in [2.24, 2.45) is 0 Å². The maximum absolute atomic E-state index is 5.51. The molecule has 0 bridgehead atoms. The van der Waals surface area contributed by atoms with E-state index < -0.39 is 0 Å². The number of allylic oxidation sites excluding steroid dienone is 1. The summed E-state index contributed by atoms with van der Waals surface area (Å²) in [5.41, 5.74) is 2.23. The van der Waals surface area contributed by atoms with Gasteiger partial charge in [0.1, 0.15) is 0 Å². The molecule has 0 amide bonds. The number of aryl methyl sites for hydroxylation is 1. The molecule has 1 aliphatic rings. The fourth-order valence-corrected chi connectivity index (χ4v) is 1.20. The number of rotatable bonds is 0. The first-order valence-electron chi connectivity index (χ1n) is 4.30. The van der Waals surface area contributed by atoms with Gasteiger partial charge in [0.2, 0.25) is 0 Å². The van der Waals surface area contributed by atoms with Gasteiger partial charge < -0.3 is 9.47 Å². The molecule has 0 atom stereocenters. The smallest absolute Gasteiger partial charge is 0.289 e. The molecule has 2 rings (SSSR count). The van der Waals surface area contributed by atoms with E-state index in [4.69, 9.17) is 9.47 Å². The van der Waals surface area contributed by atoms with Gasteiger partial charge in [-0.05, 0) is 38.5 Å². The van der Waals surface area contributed by atoms with Crippen LogP contribution in [0.25, 0.3) is 0 Å². The molecule has 1 aliphatic heterocycles. The average molecular weight is 176 g/mol. The molecule has 1 aromatic carbocycles. The van der Waals surface area contributed by atoms with Crippen molar-refractivity contribution >= 4 is 0 Å². The van der Waals surface area contributed by atoms with Gasteiger partial charge in [0.25, 0.3) is 5.95 Å². The Hall–Kier alpha value is -1.44. The van der Waals surface area contributed by atoms with Crippen molar-refractivity contribution in [1.29, 1.82) is 0 Å². The van der Waals surface area contributed by atoms with Crippen molar-refractivity contribution in [3.8, 4) is 11.5 Å². The van der Waals surface area contributed by atoms with Crippen molar-refractivity contribution in [3.63, 3.8) is 0 Å². The molecule has 2 nitrogen and oxygen atoms in total. The van der Waals surface area contributed by atoms with Gasteiger partial charge in [0.05, 0.1) is 0 Å². The minimum absolute atomic E-state index is 0.612. The number of hydrogen-bond donors (Lipinski definition) is 0. The third-order valence-corrected chi connectivity index (χ3v) is 1.91. The second-order valence-electron chi connectivity index (χ2n) is 3.44. The molecule has 1 heterocycles. The summed E-state index contributed by atoms with van der Waals surface area (Å²) in [6, 6.07) is 5.92. The van der Waals surface area contributed by atoms with E-state index in [1.54, 1.807) is 0 Å². The van der Waals surface area contributed by atoms with Gasteiger partial charge in [0, 0.05) is 5.57 Å². The maximum atomic E-state index is 5.51. The average Bonchev–Trinajstić information content (AvgIpc) is 2.46.